The highest BCUT2D eigenvalue weighted by atomic mass is 127. The van der Waals surface area contributed by atoms with Crippen LogP contribution in [0.5, 0.6) is 5.75 Å². The maximum absolute atomic E-state index is 12.6. The van der Waals surface area contributed by atoms with Gasteiger partial charge in [-0.05, 0) is 24.4 Å². The van der Waals surface area contributed by atoms with Crippen molar-refractivity contribution >= 4 is 47.2 Å². The molecule has 6 nitrogen and oxygen atoms in total. The monoisotopic (exact) mass is 538 g/mol. The van der Waals surface area contributed by atoms with Crippen LogP contribution in [0.2, 0.25) is 0 Å². The van der Waals surface area contributed by atoms with Crippen LogP contribution in [0, 0.1) is 6.92 Å². The summed E-state index contributed by atoms with van der Waals surface area (Å²) in [7, 11) is 3.33. The lowest BCUT2D eigenvalue weighted by Gasteiger charge is -2.15. The molecule has 1 aromatic heterocycles. The maximum atomic E-state index is 12.6. The molecule has 29 heavy (non-hydrogen) atoms. The summed E-state index contributed by atoms with van der Waals surface area (Å²) in [6.07, 6.45) is 0. The van der Waals surface area contributed by atoms with Crippen molar-refractivity contribution in [2.75, 3.05) is 20.6 Å². The summed E-state index contributed by atoms with van der Waals surface area (Å²) >= 11 is 1.60. The van der Waals surface area contributed by atoms with E-state index in [1.165, 1.54) is 11.0 Å². The lowest BCUT2D eigenvalue weighted by atomic mass is 10.1. The Balaban J connectivity index is 0.00000420. The van der Waals surface area contributed by atoms with Gasteiger partial charge in [-0.15, -0.1) is 35.3 Å². The molecule has 0 fully saturated rings. The smallest absolute Gasteiger partial charge is 0.387 e. The lowest BCUT2D eigenvalue weighted by Crippen LogP contribution is -2.42. The second kappa shape index (κ2) is 12.6. The van der Waals surface area contributed by atoms with Crippen molar-refractivity contribution in [3.63, 3.8) is 0 Å². The van der Waals surface area contributed by atoms with Crippen LogP contribution in [0.15, 0.2) is 40.7 Å². The Kier molecular flexibility index (Phi) is 10.9. The molecule has 0 saturated heterocycles. The first-order valence-corrected chi connectivity index (χ1v) is 9.52. The third kappa shape index (κ3) is 8.94. The Morgan fingerprint density at radius 3 is 2.66 bits per heavy atom. The van der Waals surface area contributed by atoms with Gasteiger partial charge in [0.15, 0.2) is 5.96 Å². The quantitative estimate of drug-likeness (QED) is 0.307. The third-order valence-electron chi connectivity index (χ3n) is 3.76. The van der Waals surface area contributed by atoms with Crippen LogP contribution in [-0.4, -0.2) is 44.0 Å². The number of amides is 1. The van der Waals surface area contributed by atoms with E-state index in [0.717, 1.165) is 10.4 Å². The number of nitrogens with zero attached hydrogens (tertiary/aromatic N) is 2. The van der Waals surface area contributed by atoms with Gasteiger partial charge in [-0.2, -0.15) is 8.78 Å². The third-order valence-corrected chi connectivity index (χ3v) is 4.63. The van der Waals surface area contributed by atoms with Gasteiger partial charge in [0.1, 0.15) is 5.75 Å². The highest BCUT2D eigenvalue weighted by Gasteiger charge is 2.11. The molecule has 0 unspecified atom stereocenters. The summed E-state index contributed by atoms with van der Waals surface area (Å²) in [6, 6.07) is 8.89. The fourth-order valence-electron chi connectivity index (χ4n) is 2.28. The Hall–Kier alpha value is -1.95. The van der Waals surface area contributed by atoms with Crippen molar-refractivity contribution in [1.82, 2.24) is 15.5 Å². The molecule has 10 heteroatoms. The summed E-state index contributed by atoms with van der Waals surface area (Å²) < 4.78 is 29.9. The van der Waals surface area contributed by atoms with E-state index >= 15 is 0 Å². The largest absolute Gasteiger partial charge is 0.434 e. The number of carbonyl (C=O) groups excluding carboxylic acids is 1. The first kappa shape index (κ1) is 25.1. The molecule has 0 atom stereocenters. The number of aryl methyl sites for hydroxylation is 1. The van der Waals surface area contributed by atoms with Crippen LogP contribution in [-0.2, 0) is 17.9 Å². The predicted molar refractivity (Wildman–Crippen MR) is 122 cm³/mol. The van der Waals surface area contributed by atoms with Gasteiger partial charge in [-0.1, -0.05) is 23.8 Å². The molecule has 0 saturated carbocycles. The highest BCUT2D eigenvalue weighted by molar-refractivity contribution is 14.0. The van der Waals surface area contributed by atoms with Gasteiger partial charge in [-0.25, -0.2) is 4.99 Å². The second-order valence-electron chi connectivity index (χ2n) is 6.23. The Morgan fingerprint density at radius 1 is 1.28 bits per heavy atom. The van der Waals surface area contributed by atoms with Crippen molar-refractivity contribution in [1.29, 1.82) is 0 Å². The molecule has 2 rings (SSSR count). The van der Waals surface area contributed by atoms with Gasteiger partial charge < -0.3 is 20.3 Å². The molecule has 160 valence electrons. The molecule has 2 N–H and O–H groups in total. The van der Waals surface area contributed by atoms with Gasteiger partial charge in [-0.3, -0.25) is 4.79 Å². The first-order chi connectivity index (χ1) is 13.3. The number of aliphatic imine (C=N–C) groups is 1. The van der Waals surface area contributed by atoms with E-state index in [0.29, 0.717) is 18.1 Å². The zero-order valence-corrected chi connectivity index (χ0v) is 19.6. The fourth-order valence-corrected chi connectivity index (χ4v) is 2.93. The number of halogens is 3. The molecule has 0 radical (unpaired) electrons. The van der Waals surface area contributed by atoms with E-state index < -0.39 is 6.61 Å². The zero-order chi connectivity index (χ0) is 20.5. The van der Waals surface area contributed by atoms with Crippen molar-refractivity contribution in [2.24, 2.45) is 4.99 Å². The standard InChI is InChI=1S/C19H24F2N4O2S.HI/c1-13-6-7-16(27-18(20)21)14(9-13)10-22-19(24-12-17(26)25(2)3)23-11-15-5-4-8-28-15;/h4-9,18H,10-12H2,1-3H3,(H2,22,23,24);1H. The van der Waals surface area contributed by atoms with Crippen LogP contribution in [0.1, 0.15) is 16.0 Å². The summed E-state index contributed by atoms with van der Waals surface area (Å²) in [5.41, 5.74) is 1.45. The molecule has 0 aliphatic rings. The molecule has 1 aromatic carbocycles. The highest BCUT2D eigenvalue weighted by Crippen LogP contribution is 2.23. The lowest BCUT2D eigenvalue weighted by molar-refractivity contribution is -0.127. The van der Waals surface area contributed by atoms with E-state index in [9.17, 15) is 13.6 Å². The number of guanidine groups is 1. The normalized spacial score (nSPS) is 11.0. The first-order valence-electron chi connectivity index (χ1n) is 8.64. The van der Waals surface area contributed by atoms with Crippen molar-refractivity contribution < 1.29 is 18.3 Å². The van der Waals surface area contributed by atoms with Crippen molar-refractivity contribution in [2.45, 2.75) is 26.6 Å². The number of alkyl halides is 2. The average Bonchev–Trinajstić information content (AvgIpc) is 3.15. The van der Waals surface area contributed by atoms with Gasteiger partial charge in [0.2, 0.25) is 5.91 Å². The van der Waals surface area contributed by atoms with Gasteiger partial charge in [0, 0.05) is 24.5 Å². The number of hydrogen-bond donors (Lipinski definition) is 2. The van der Waals surface area contributed by atoms with Crippen LogP contribution >= 0.6 is 35.3 Å². The summed E-state index contributed by atoms with van der Waals surface area (Å²) in [4.78, 5) is 18.9. The minimum Gasteiger partial charge on any atom is -0.434 e. The topological polar surface area (TPSA) is 66.0 Å². The van der Waals surface area contributed by atoms with Gasteiger partial charge in [0.05, 0.1) is 19.6 Å². The molecular formula is C19H25F2IN4O2S. The number of rotatable bonds is 8. The minimum absolute atomic E-state index is 0. The minimum atomic E-state index is -2.90. The number of hydrogen-bond acceptors (Lipinski definition) is 4. The van der Waals surface area contributed by atoms with Gasteiger partial charge in [0.25, 0.3) is 0 Å². The van der Waals surface area contributed by atoms with Crippen LogP contribution in [0.25, 0.3) is 0 Å². The number of likely N-dealkylation sites (N-methyl/N-ethyl adjacent to an activating group) is 1. The zero-order valence-electron chi connectivity index (χ0n) is 16.4. The van der Waals surface area contributed by atoms with Crippen LogP contribution in [0.4, 0.5) is 8.78 Å². The molecule has 1 amide bonds. The van der Waals surface area contributed by atoms with E-state index in [1.54, 1.807) is 37.6 Å². The van der Waals surface area contributed by atoms with E-state index in [1.807, 2.05) is 24.4 Å². The van der Waals surface area contributed by atoms with Gasteiger partial charge >= 0.3 is 6.61 Å². The van der Waals surface area contributed by atoms with E-state index in [4.69, 9.17) is 0 Å². The summed E-state index contributed by atoms with van der Waals surface area (Å²) in [6.45, 7) is -0.313. The second-order valence-corrected chi connectivity index (χ2v) is 7.26. The fraction of sp³-hybridized carbons (Fsp3) is 0.368. The van der Waals surface area contributed by atoms with Crippen LogP contribution < -0.4 is 15.4 Å². The number of nitrogens with one attached hydrogen (secondary N) is 2. The average molecular weight is 538 g/mol. The number of benzene rings is 1. The maximum Gasteiger partial charge on any atom is 0.387 e. The number of thiophene rings is 1. The number of carbonyl (C=O) groups is 1. The Bertz CT molecular complexity index is 802. The Labute approximate surface area is 190 Å². The summed E-state index contributed by atoms with van der Waals surface area (Å²) in [5.74, 6) is 0.391. The predicted octanol–water partition coefficient (Wildman–Crippen LogP) is 3.60. The molecule has 0 bridgehead atoms. The van der Waals surface area contributed by atoms with Crippen LogP contribution in [0.3, 0.4) is 0 Å². The molecule has 0 aliphatic heterocycles. The Morgan fingerprint density at radius 2 is 2.03 bits per heavy atom. The van der Waals surface area contributed by atoms with Crippen molar-refractivity contribution in [3.05, 3.63) is 51.7 Å². The van der Waals surface area contributed by atoms with Crippen molar-refractivity contribution in [3.8, 4) is 5.75 Å². The SMILES string of the molecule is Cc1ccc(OC(F)F)c(CN=C(NCC(=O)N(C)C)NCc2cccs2)c1.I. The summed E-state index contributed by atoms with van der Waals surface area (Å²) in [5, 5.41) is 8.09. The molecular weight excluding hydrogens is 513 g/mol. The van der Waals surface area contributed by atoms with E-state index in [-0.39, 0.29) is 48.7 Å². The molecule has 2 aromatic rings. The molecule has 0 spiro atoms. The molecule has 1 heterocycles. The number of ether oxygens (including phenoxy) is 1. The van der Waals surface area contributed by atoms with E-state index in [2.05, 4.69) is 20.4 Å². The molecule has 0 aliphatic carbocycles.